The average molecular weight is 496 g/mol. The Morgan fingerprint density at radius 2 is 1.89 bits per heavy atom. The first-order chi connectivity index (χ1) is 12.5. The third-order valence-electron chi connectivity index (χ3n) is 5.45. The number of nitrogens with one attached hydrogen (secondary N) is 2. The number of hydrogen-bond acceptors (Lipinski definition) is 4. The van der Waals surface area contributed by atoms with Crippen LogP contribution < -0.4 is 10.6 Å². The van der Waals surface area contributed by atoms with Gasteiger partial charge in [0, 0.05) is 32.2 Å². The van der Waals surface area contributed by atoms with Crippen LogP contribution in [0.25, 0.3) is 0 Å². The molecule has 6 nitrogen and oxygen atoms in total. The molecule has 2 fully saturated rings. The zero-order valence-corrected chi connectivity index (χ0v) is 19.8. The summed E-state index contributed by atoms with van der Waals surface area (Å²) in [5.41, 5.74) is -0.597. The second-order valence-electron chi connectivity index (χ2n) is 8.16. The van der Waals surface area contributed by atoms with Crippen molar-refractivity contribution in [3.8, 4) is 0 Å². The van der Waals surface area contributed by atoms with Crippen molar-refractivity contribution in [1.82, 2.24) is 15.5 Å². The van der Waals surface area contributed by atoms with Gasteiger partial charge in [-0.3, -0.25) is 4.99 Å². The van der Waals surface area contributed by atoms with Gasteiger partial charge in [0.05, 0.1) is 24.9 Å². The Labute approximate surface area is 182 Å². The molecule has 1 saturated carbocycles. The molecule has 0 aromatic rings. The van der Waals surface area contributed by atoms with Gasteiger partial charge in [-0.15, -0.1) is 24.0 Å². The summed E-state index contributed by atoms with van der Waals surface area (Å²) in [5.74, 6) is 0.855. The third-order valence-corrected chi connectivity index (χ3v) is 5.45. The number of rotatable bonds is 8. The molecule has 0 bridgehead atoms. The van der Waals surface area contributed by atoms with Gasteiger partial charge in [-0.2, -0.15) is 0 Å². The quantitative estimate of drug-likeness (QED) is 0.274. The molecule has 0 radical (unpaired) electrons. The molecule has 0 amide bonds. The zero-order chi connectivity index (χ0) is 18.8. The number of aliphatic hydroxyl groups is 1. The summed E-state index contributed by atoms with van der Waals surface area (Å²) in [6.45, 7) is 11.6. The van der Waals surface area contributed by atoms with Crippen LogP contribution >= 0.6 is 24.0 Å². The average Bonchev–Trinajstić information content (AvgIpc) is 2.62. The molecule has 0 unspecified atom stereocenters. The summed E-state index contributed by atoms with van der Waals surface area (Å²) in [6.07, 6.45) is 7.80. The van der Waals surface area contributed by atoms with Crippen molar-refractivity contribution < 1.29 is 9.84 Å². The lowest BCUT2D eigenvalue weighted by atomic mass is 9.85. The van der Waals surface area contributed by atoms with Crippen LogP contribution in [0.1, 0.15) is 65.7 Å². The van der Waals surface area contributed by atoms with Gasteiger partial charge in [-0.1, -0.05) is 19.3 Å². The lowest BCUT2D eigenvalue weighted by molar-refractivity contribution is 0.0131. The van der Waals surface area contributed by atoms with Crippen molar-refractivity contribution in [2.24, 2.45) is 4.99 Å². The van der Waals surface area contributed by atoms with Crippen molar-refractivity contribution in [2.45, 2.75) is 83.5 Å². The van der Waals surface area contributed by atoms with E-state index in [1.807, 2.05) is 0 Å². The normalized spacial score (nSPS) is 21.7. The maximum absolute atomic E-state index is 10.7. The van der Waals surface area contributed by atoms with Gasteiger partial charge in [0.25, 0.3) is 0 Å². The van der Waals surface area contributed by atoms with E-state index in [2.05, 4.69) is 36.3 Å². The van der Waals surface area contributed by atoms with Crippen molar-refractivity contribution in [1.29, 1.82) is 0 Å². The van der Waals surface area contributed by atoms with Gasteiger partial charge in [-0.25, -0.2) is 0 Å². The number of hydrogen-bond donors (Lipinski definition) is 3. The molecule has 2 aliphatic rings. The lowest BCUT2D eigenvalue weighted by Crippen LogP contribution is -2.49. The molecular weight excluding hydrogens is 455 g/mol. The SMILES string of the molecule is CCNC(=NCC1(O)CCCCC1)NC1CCN(CCOC(C)C)CC1.I. The van der Waals surface area contributed by atoms with Crippen LogP contribution in [-0.2, 0) is 4.74 Å². The molecule has 1 heterocycles. The molecule has 27 heavy (non-hydrogen) atoms. The van der Waals surface area contributed by atoms with Crippen LogP contribution in [0.4, 0.5) is 0 Å². The molecular formula is C20H41IN4O2. The first kappa shape index (κ1) is 24.9. The van der Waals surface area contributed by atoms with E-state index in [9.17, 15) is 5.11 Å². The molecule has 0 aromatic carbocycles. The van der Waals surface area contributed by atoms with Crippen LogP contribution in [0.5, 0.6) is 0 Å². The van der Waals surface area contributed by atoms with E-state index in [0.29, 0.717) is 18.7 Å². The predicted octanol–water partition coefficient (Wildman–Crippen LogP) is 2.74. The molecule has 1 aliphatic heterocycles. The Morgan fingerprint density at radius 1 is 1.22 bits per heavy atom. The molecule has 2 rings (SSSR count). The Kier molecular flexibility index (Phi) is 12.2. The molecule has 1 saturated heterocycles. The number of aliphatic imine (C=N–C) groups is 1. The minimum atomic E-state index is -0.597. The molecule has 160 valence electrons. The lowest BCUT2D eigenvalue weighted by Gasteiger charge is -2.34. The van der Waals surface area contributed by atoms with Gasteiger partial charge in [0.15, 0.2) is 5.96 Å². The Morgan fingerprint density at radius 3 is 2.48 bits per heavy atom. The molecule has 1 aliphatic carbocycles. The van der Waals surface area contributed by atoms with Crippen molar-refractivity contribution in [3.05, 3.63) is 0 Å². The van der Waals surface area contributed by atoms with Gasteiger partial charge >= 0.3 is 0 Å². The fraction of sp³-hybridized carbons (Fsp3) is 0.950. The maximum Gasteiger partial charge on any atom is 0.191 e. The molecule has 7 heteroatoms. The number of ether oxygens (including phenoxy) is 1. The monoisotopic (exact) mass is 496 g/mol. The van der Waals surface area contributed by atoms with Gasteiger partial charge in [-0.05, 0) is 46.5 Å². The Hall–Kier alpha value is -0.120. The number of likely N-dealkylation sites (tertiary alicyclic amines) is 1. The van der Waals surface area contributed by atoms with Crippen LogP contribution in [-0.4, -0.2) is 73.0 Å². The van der Waals surface area contributed by atoms with E-state index >= 15 is 0 Å². The minimum Gasteiger partial charge on any atom is -0.388 e. The number of halogens is 1. The van der Waals surface area contributed by atoms with E-state index in [-0.39, 0.29) is 24.0 Å². The van der Waals surface area contributed by atoms with Crippen molar-refractivity contribution in [2.75, 3.05) is 39.3 Å². The summed E-state index contributed by atoms with van der Waals surface area (Å²) in [6, 6.07) is 0.455. The van der Waals surface area contributed by atoms with E-state index in [0.717, 1.165) is 77.3 Å². The topological polar surface area (TPSA) is 69.1 Å². The summed E-state index contributed by atoms with van der Waals surface area (Å²) >= 11 is 0. The van der Waals surface area contributed by atoms with Crippen LogP contribution in [0, 0.1) is 0 Å². The second kappa shape index (κ2) is 13.2. The standard InChI is InChI=1S/C20H40N4O2.HI/c1-4-21-19(22-16-20(25)10-6-5-7-11-20)23-18-8-12-24(13-9-18)14-15-26-17(2)3;/h17-18,25H,4-16H2,1-3H3,(H2,21,22,23);1H. The van der Waals surface area contributed by atoms with Crippen LogP contribution in [0.2, 0.25) is 0 Å². The number of guanidine groups is 1. The predicted molar refractivity (Wildman–Crippen MR) is 123 cm³/mol. The molecule has 0 aromatic heterocycles. The van der Waals surface area contributed by atoms with E-state index in [1.165, 1.54) is 6.42 Å². The summed E-state index contributed by atoms with van der Waals surface area (Å²) in [4.78, 5) is 7.18. The Bertz CT molecular complexity index is 420. The van der Waals surface area contributed by atoms with Crippen molar-refractivity contribution >= 4 is 29.9 Å². The molecule has 0 spiro atoms. The highest BCUT2D eigenvalue weighted by atomic mass is 127. The van der Waals surface area contributed by atoms with E-state index in [4.69, 9.17) is 9.73 Å². The highest BCUT2D eigenvalue weighted by Crippen LogP contribution is 2.28. The fourth-order valence-corrected chi connectivity index (χ4v) is 3.83. The van der Waals surface area contributed by atoms with Gasteiger partial charge in [0.2, 0.25) is 0 Å². The summed E-state index contributed by atoms with van der Waals surface area (Å²) < 4.78 is 5.66. The van der Waals surface area contributed by atoms with Crippen LogP contribution in [0.15, 0.2) is 4.99 Å². The van der Waals surface area contributed by atoms with E-state index < -0.39 is 5.60 Å². The first-order valence-electron chi connectivity index (χ1n) is 10.6. The summed E-state index contributed by atoms with van der Waals surface area (Å²) in [5, 5.41) is 17.6. The third kappa shape index (κ3) is 9.76. The van der Waals surface area contributed by atoms with Gasteiger partial charge in [0.1, 0.15) is 0 Å². The molecule has 0 atom stereocenters. The smallest absolute Gasteiger partial charge is 0.191 e. The van der Waals surface area contributed by atoms with Gasteiger partial charge < -0.3 is 25.4 Å². The largest absolute Gasteiger partial charge is 0.388 e. The first-order valence-corrected chi connectivity index (χ1v) is 10.6. The second-order valence-corrected chi connectivity index (χ2v) is 8.16. The number of nitrogens with zero attached hydrogens (tertiary/aromatic N) is 2. The van der Waals surface area contributed by atoms with E-state index in [1.54, 1.807) is 0 Å². The highest BCUT2D eigenvalue weighted by Gasteiger charge is 2.29. The fourth-order valence-electron chi connectivity index (χ4n) is 3.83. The summed E-state index contributed by atoms with van der Waals surface area (Å²) in [7, 11) is 0. The number of piperidine rings is 1. The maximum atomic E-state index is 10.7. The highest BCUT2D eigenvalue weighted by molar-refractivity contribution is 14.0. The zero-order valence-electron chi connectivity index (χ0n) is 17.5. The minimum absolute atomic E-state index is 0. The van der Waals surface area contributed by atoms with Crippen LogP contribution in [0.3, 0.4) is 0 Å². The van der Waals surface area contributed by atoms with Crippen molar-refractivity contribution in [3.63, 3.8) is 0 Å². The Balaban J connectivity index is 0.00000364. The molecule has 3 N–H and O–H groups in total.